The number of carbonyl (C=O) groups is 1. The Bertz CT molecular complexity index is 477. The average Bonchev–Trinajstić information content (AvgIpc) is 2.80. The normalized spacial score (nSPS) is 10.1. The lowest BCUT2D eigenvalue weighted by Crippen LogP contribution is -2.19. The molecule has 16 heavy (non-hydrogen) atoms. The minimum atomic E-state index is -0.0274. The number of rotatable bonds is 3. The molecular weight excluding hydrogens is 202 g/mol. The number of amides is 1. The minimum Gasteiger partial charge on any atom is -0.352 e. The van der Waals surface area contributed by atoms with Gasteiger partial charge in [0.25, 0.3) is 0 Å². The van der Waals surface area contributed by atoms with Crippen LogP contribution in [0, 0.1) is 0 Å². The van der Waals surface area contributed by atoms with E-state index in [1.165, 1.54) is 6.92 Å². The van der Waals surface area contributed by atoms with Crippen molar-refractivity contribution in [3.63, 3.8) is 0 Å². The second-order valence-electron chi connectivity index (χ2n) is 3.51. The summed E-state index contributed by atoms with van der Waals surface area (Å²) in [6.45, 7) is 2.05. The standard InChI is InChI=1S/C12H13N3O/c1-10(16)14-8-11-4-2-3-5-12(11)15-7-6-13-9-15/h2-7,9H,8H2,1H3,(H,14,16). The quantitative estimate of drug-likeness (QED) is 0.843. The first kappa shape index (κ1) is 10.4. The Kier molecular flexibility index (Phi) is 3.00. The van der Waals surface area contributed by atoms with Crippen LogP contribution in [0.5, 0.6) is 0 Å². The van der Waals surface area contributed by atoms with E-state index < -0.39 is 0 Å². The summed E-state index contributed by atoms with van der Waals surface area (Å²) in [5.41, 5.74) is 2.10. The molecule has 4 heteroatoms. The molecular formula is C12H13N3O. The van der Waals surface area contributed by atoms with E-state index in [2.05, 4.69) is 10.3 Å². The van der Waals surface area contributed by atoms with E-state index in [1.54, 1.807) is 12.5 Å². The van der Waals surface area contributed by atoms with E-state index >= 15 is 0 Å². The molecule has 82 valence electrons. The molecule has 0 unspecified atom stereocenters. The van der Waals surface area contributed by atoms with Gasteiger partial charge in [0, 0.05) is 25.9 Å². The molecule has 0 aliphatic heterocycles. The fourth-order valence-electron chi connectivity index (χ4n) is 1.53. The Morgan fingerprint density at radius 1 is 1.44 bits per heavy atom. The molecule has 0 bridgehead atoms. The summed E-state index contributed by atoms with van der Waals surface area (Å²) in [4.78, 5) is 14.9. The predicted molar refractivity (Wildman–Crippen MR) is 61.1 cm³/mol. The topological polar surface area (TPSA) is 46.9 Å². The van der Waals surface area contributed by atoms with Crippen molar-refractivity contribution in [2.75, 3.05) is 0 Å². The number of carbonyl (C=O) groups excluding carboxylic acids is 1. The summed E-state index contributed by atoms with van der Waals surface area (Å²) in [5, 5.41) is 2.79. The zero-order valence-electron chi connectivity index (χ0n) is 9.05. The number of aromatic nitrogens is 2. The van der Waals surface area contributed by atoms with Gasteiger partial charge in [0.2, 0.25) is 5.91 Å². The van der Waals surface area contributed by atoms with Crippen LogP contribution in [0.1, 0.15) is 12.5 Å². The van der Waals surface area contributed by atoms with Crippen LogP contribution in [-0.2, 0) is 11.3 Å². The summed E-state index contributed by atoms with van der Waals surface area (Å²) in [7, 11) is 0. The van der Waals surface area contributed by atoms with Gasteiger partial charge in [-0.1, -0.05) is 18.2 Å². The van der Waals surface area contributed by atoms with Crippen LogP contribution in [0.4, 0.5) is 0 Å². The second-order valence-corrected chi connectivity index (χ2v) is 3.51. The highest BCUT2D eigenvalue weighted by Crippen LogP contribution is 2.13. The number of para-hydroxylation sites is 1. The lowest BCUT2D eigenvalue weighted by molar-refractivity contribution is -0.119. The lowest BCUT2D eigenvalue weighted by Gasteiger charge is -2.10. The molecule has 1 aromatic heterocycles. The van der Waals surface area contributed by atoms with Crippen LogP contribution in [0.2, 0.25) is 0 Å². The zero-order chi connectivity index (χ0) is 11.4. The van der Waals surface area contributed by atoms with Gasteiger partial charge < -0.3 is 9.88 Å². The van der Waals surface area contributed by atoms with Gasteiger partial charge in [-0.3, -0.25) is 4.79 Å². The van der Waals surface area contributed by atoms with Crippen LogP contribution in [0.25, 0.3) is 5.69 Å². The van der Waals surface area contributed by atoms with Gasteiger partial charge in [-0.05, 0) is 11.6 Å². The van der Waals surface area contributed by atoms with Crippen molar-refractivity contribution in [3.8, 4) is 5.69 Å². The van der Waals surface area contributed by atoms with Gasteiger partial charge >= 0.3 is 0 Å². The number of imidazole rings is 1. The largest absolute Gasteiger partial charge is 0.352 e. The molecule has 1 N–H and O–H groups in total. The van der Waals surface area contributed by atoms with Crippen molar-refractivity contribution >= 4 is 5.91 Å². The third kappa shape index (κ3) is 2.28. The Hall–Kier alpha value is -2.10. The molecule has 0 atom stereocenters. The maximum Gasteiger partial charge on any atom is 0.217 e. The van der Waals surface area contributed by atoms with Crippen LogP contribution in [0.15, 0.2) is 43.0 Å². The van der Waals surface area contributed by atoms with Gasteiger partial charge in [0.15, 0.2) is 0 Å². The van der Waals surface area contributed by atoms with Crippen LogP contribution in [0.3, 0.4) is 0 Å². The Morgan fingerprint density at radius 2 is 2.25 bits per heavy atom. The van der Waals surface area contributed by atoms with Crippen molar-refractivity contribution in [1.29, 1.82) is 0 Å². The smallest absolute Gasteiger partial charge is 0.217 e. The summed E-state index contributed by atoms with van der Waals surface area (Å²) >= 11 is 0. The predicted octanol–water partition coefficient (Wildman–Crippen LogP) is 1.51. The first-order valence-electron chi connectivity index (χ1n) is 5.08. The molecule has 2 rings (SSSR count). The van der Waals surface area contributed by atoms with Gasteiger partial charge in [0.1, 0.15) is 0 Å². The number of nitrogens with one attached hydrogen (secondary N) is 1. The maximum absolute atomic E-state index is 10.9. The first-order valence-corrected chi connectivity index (χ1v) is 5.08. The molecule has 0 radical (unpaired) electrons. The van der Waals surface area contributed by atoms with Crippen molar-refractivity contribution < 1.29 is 4.79 Å². The van der Waals surface area contributed by atoms with E-state index in [0.29, 0.717) is 6.54 Å². The third-order valence-electron chi connectivity index (χ3n) is 2.30. The van der Waals surface area contributed by atoms with Crippen molar-refractivity contribution in [2.24, 2.45) is 0 Å². The first-order chi connectivity index (χ1) is 7.77. The molecule has 2 aromatic rings. The molecule has 0 saturated carbocycles. The van der Waals surface area contributed by atoms with Gasteiger partial charge in [-0.2, -0.15) is 0 Å². The number of benzene rings is 1. The summed E-state index contributed by atoms with van der Waals surface area (Å²) in [6.07, 6.45) is 5.36. The second kappa shape index (κ2) is 4.61. The Morgan fingerprint density at radius 3 is 2.94 bits per heavy atom. The summed E-state index contributed by atoms with van der Waals surface area (Å²) in [6, 6.07) is 7.91. The van der Waals surface area contributed by atoms with E-state index in [-0.39, 0.29) is 5.91 Å². The highest BCUT2D eigenvalue weighted by molar-refractivity contribution is 5.72. The molecule has 4 nitrogen and oxygen atoms in total. The fraction of sp³-hybridized carbons (Fsp3) is 0.167. The molecule has 1 aromatic carbocycles. The van der Waals surface area contributed by atoms with Crippen molar-refractivity contribution in [1.82, 2.24) is 14.9 Å². The van der Waals surface area contributed by atoms with E-state index in [4.69, 9.17) is 0 Å². The number of nitrogens with zero attached hydrogens (tertiary/aromatic N) is 2. The van der Waals surface area contributed by atoms with E-state index in [0.717, 1.165) is 11.3 Å². The van der Waals surface area contributed by atoms with Crippen LogP contribution >= 0.6 is 0 Å². The summed E-state index contributed by atoms with van der Waals surface area (Å²) < 4.78 is 1.93. The van der Waals surface area contributed by atoms with E-state index in [1.807, 2.05) is 35.0 Å². The number of hydrogen-bond acceptors (Lipinski definition) is 2. The molecule has 0 spiro atoms. The average molecular weight is 215 g/mol. The monoisotopic (exact) mass is 215 g/mol. The van der Waals surface area contributed by atoms with Crippen LogP contribution < -0.4 is 5.32 Å². The van der Waals surface area contributed by atoms with E-state index in [9.17, 15) is 4.79 Å². The SMILES string of the molecule is CC(=O)NCc1ccccc1-n1ccnc1. The van der Waals surface area contributed by atoms with Crippen molar-refractivity contribution in [2.45, 2.75) is 13.5 Å². The van der Waals surface area contributed by atoms with Gasteiger partial charge in [-0.25, -0.2) is 4.98 Å². The highest BCUT2D eigenvalue weighted by atomic mass is 16.1. The Labute approximate surface area is 93.9 Å². The minimum absolute atomic E-state index is 0.0274. The third-order valence-corrected chi connectivity index (χ3v) is 2.30. The molecule has 0 saturated heterocycles. The van der Waals surface area contributed by atoms with Crippen molar-refractivity contribution in [3.05, 3.63) is 48.5 Å². The van der Waals surface area contributed by atoms with Gasteiger partial charge in [0.05, 0.1) is 12.0 Å². The Balaban J connectivity index is 2.27. The fourth-order valence-corrected chi connectivity index (χ4v) is 1.53. The molecule has 1 heterocycles. The zero-order valence-corrected chi connectivity index (χ0v) is 9.05. The lowest BCUT2D eigenvalue weighted by atomic mass is 10.1. The molecule has 0 aliphatic carbocycles. The molecule has 0 fully saturated rings. The number of hydrogen-bond donors (Lipinski definition) is 1. The van der Waals surface area contributed by atoms with Gasteiger partial charge in [-0.15, -0.1) is 0 Å². The summed E-state index contributed by atoms with van der Waals surface area (Å²) in [5.74, 6) is -0.0274. The maximum atomic E-state index is 10.9. The van der Waals surface area contributed by atoms with Crippen LogP contribution in [-0.4, -0.2) is 15.5 Å². The highest BCUT2D eigenvalue weighted by Gasteiger charge is 2.03. The molecule has 0 aliphatic rings. The molecule has 1 amide bonds.